The number of aryl methyl sites for hydroxylation is 3. The molecule has 0 aliphatic heterocycles. The molecule has 3 heteroatoms. The molecule has 0 spiro atoms. The molecule has 0 saturated heterocycles. The summed E-state index contributed by atoms with van der Waals surface area (Å²) >= 11 is 0. The molecule has 0 amide bonds. The molecule has 0 aromatic carbocycles. The highest BCUT2D eigenvalue weighted by atomic mass is 15.0. The van der Waals surface area contributed by atoms with Gasteiger partial charge >= 0.3 is 0 Å². The molecular weight excluding hydrogens is 210 g/mol. The van der Waals surface area contributed by atoms with Crippen LogP contribution >= 0.6 is 0 Å². The minimum atomic E-state index is 0.471. The number of nitrogens with zero attached hydrogens (tertiary/aromatic N) is 2. The Morgan fingerprint density at radius 1 is 1.06 bits per heavy atom. The van der Waals surface area contributed by atoms with E-state index < -0.39 is 0 Å². The van der Waals surface area contributed by atoms with Crippen molar-refractivity contribution in [1.29, 1.82) is 0 Å². The van der Waals surface area contributed by atoms with Crippen molar-refractivity contribution in [2.24, 2.45) is 0 Å². The lowest BCUT2D eigenvalue weighted by atomic mass is 10.0. The Labute approximate surface area is 103 Å². The van der Waals surface area contributed by atoms with E-state index in [1.54, 1.807) is 0 Å². The maximum atomic E-state index is 6.19. The first-order valence-electron chi connectivity index (χ1n) is 6.10. The molecule has 0 saturated carbocycles. The van der Waals surface area contributed by atoms with Crippen LogP contribution in [0.15, 0.2) is 0 Å². The van der Waals surface area contributed by atoms with Gasteiger partial charge in [0.25, 0.3) is 0 Å². The summed E-state index contributed by atoms with van der Waals surface area (Å²) in [7, 11) is 0. The predicted octanol–water partition coefficient (Wildman–Crippen LogP) is 3.27. The third kappa shape index (κ3) is 1.53. The summed E-state index contributed by atoms with van der Waals surface area (Å²) < 4.78 is 2.22. The van der Waals surface area contributed by atoms with Crippen LogP contribution in [-0.2, 0) is 0 Å². The van der Waals surface area contributed by atoms with Crippen LogP contribution in [-0.4, -0.2) is 9.38 Å². The van der Waals surface area contributed by atoms with Crippen molar-refractivity contribution in [3.63, 3.8) is 0 Å². The summed E-state index contributed by atoms with van der Waals surface area (Å²) in [5.74, 6) is 1.49. The van der Waals surface area contributed by atoms with E-state index in [-0.39, 0.29) is 0 Å². The molecule has 0 fully saturated rings. The van der Waals surface area contributed by atoms with Gasteiger partial charge in [-0.25, -0.2) is 4.98 Å². The van der Waals surface area contributed by atoms with Gasteiger partial charge in [-0.3, -0.25) is 4.40 Å². The predicted molar refractivity (Wildman–Crippen MR) is 72.6 cm³/mol. The average molecular weight is 231 g/mol. The fourth-order valence-electron chi connectivity index (χ4n) is 2.70. The van der Waals surface area contributed by atoms with Crippen LogP contribution in [0.1, 0.15) is 48.1 Å². The van der Waals surface area contributed by atoms with Crippen molar-refractivity contribution in [3.05, 3.63) is 28.3 Å². The van der Waals surface area contributed by atoms with Crippen molar-refractivity contribution >= 4 is 11.2 Å². The summed E-state index contributed by atoms with van der Waals surface area (Å²) in [6, 6.07) is 0. The third-order valence-corrected chi connectivity index (χ3v) is 3.61. The van der Waals surface area contributed by atoms with Gasteiger partial charge < -0.3 is 5.73 Å². The highest BCUT2D eigenvalue weighted by Crippen LogP contribution is 2.32. The normalized spacial score (nSPS) is 11.7. The third-order valence-electron chi connectivity index (χ3n) is 3.61. The van der Waals surface area contributed by atoms with Crippen molar-refractivity contribution < 1.29 is 0 Å². The zero-order valence-corrected chi connectivity index (χ0v) is 11.5. The number of nitrogen functional groups attached to an aromatic ring is 1. The first kappa shape index (κ1) is 12.0. The number of nitrogens with two attached hydrogens (primary N) is 1. The zero-order chi connectivity index (χ0) is 12.9. The van der Waals surface area contributed by atoms with Crippen molar-refractivity contribution in [3.8, 4) is 0 Å². The molecule has 0 radical (unpaired) electrons. The smallest absolute Gasteiger partial charge is 0.110 e. The number of rotatable bonds is 1. The van der Waals surface area contributed by atoms with E-state index in [0.717, 1.165) is 22.7 Å². The summed E-state index contributed by atoms with van der Waals surface area (Å²) in [5.41, 5.74) is 13.0. The van der Waals surface area contributed by atoms with Gasteiger partial charge in [0.05, 0.1) is 16.9 Å². The second-order valence-corrected chi connectivity index (χ2v) is 5.13. The van der Waals surface area contributed by atoms with Crippen LogP contribution in [0.2, 0.25) is 0 Å². The summed E-state index contributed by atoms with van der Waals surface area (Å²) in [6.45, 7) is 12.8. The Morgan fingerprint density at radius 2 is 1.65 bits per heavy atom. The maximum Gasteiger partial charge on any atom is 0.110 e. The van der Waals surface area contributed by atoms with Gasteiger partial charge in [0.1, 0.15) is 5.82 Å². The summed E-state index contributed by atoms with van der Waals surface area (Å²) in [4.78, 5) is 4.54. The van der Waals surface area contributed by atoms with E-state index >= 15 is 0 Å². The molecule has 0 atom stereocenters. The monoisotopic (exact) mass is 231 g/mol. The molecule has 17 heavy (non-hydrogen) atoms. The van der Waals surface area contributed by atoms with Gasteiger partial charge in [0.15, 0.2) is 0 Å². The van der Waals surface area contributed by atoms with Gasteiger partial charge in [-0.1, -0.05) is 13.8 Å². The number of hydrogen-bond donors (Lipinski definition) is 1. The molecule has 2 aromatic heterocycles. The lowest BCUT2D eigenvalue weighted by Crippen LogP contribution is -2.06. The summed E-state index contributed by atoms with van der Waals surface area (Å²) in [5, 5.41) is 0. The van der Waals surface area contributed by atoms with E-state index in [2.05, 4.69) is 37.1 Å². The van der Waals surface area contributed by atoms with E-state index in [1.165, 1.54) is 16.8 Å². The van der Waals surface area contributed by atoms with Crippen LogP contribution < -0.4 is 5.73 Å². The van der Waals surface area contributed by atoms with Crippen molar-refractivity contribution in [1.82, 2.24) is 9.38 Å². The molecule has 0 aliphatic rings. The van der Waals surface area contributed by atoms with E-state index in [0.29, 0.717) is 5.92 Å². The standard InChI is InChI=1S/C14H21N3/c1-7(2)13-8(3)9(4)14-12(15)10(5)16-11(6)17(13)14/h7H,15H2,1-6H3. The molecule has 2 N–H and O–H groups in total. The van der Waals surface area contributed by atoms with Gasteiger partial charge in [0, 0.05) is 5.69 Å². The highest BCUT2D eigenvalue weighted by Gasteiger charge is 2.19. The van der Waals surface area contributed by atoms with Crippen LogP contribution in [0.5, 0.6) is 0 Å². The molecule has 0 aliphatic carbocycles. The Hall–Kier alpha value is -1.51. The zero-order valence-electron chi connectivity index (χ0n) is 11.5. The topological polar surface area (TPSA) is 43.3 Å². The number of fused-ring (bicyclic) bond motifs is 1. The lowest BCUT2D eigenvalue weighted by molar-refractivity contribution is 0.777. The van der Waals surface area contributed by atoms with E-state index in [9.17, 15) is 0 Å². The Morgan fingerprint density at radius 3 is 2.18 bits per heavy atom. The lowest BCUT2D eigenvalue weighted by Gasteiger charge is -2.12. The quantitative estimate of drug-likeness (QED) is 0.818. The summed E-state index contributed by atoms with van der Waals surface area (Å²) in [6.07, 6.45) is 0. The van der Waals surface area contributed by atoms with Gasteiger partial charge in [-0.05, 0) is 44.7 Å². The fourth-order valence-corrected chi connectivity index (χ4v) is 2.70. The first-order chi connectivity index (χ1) is 7.86. The second kappa shape index (κ2) is 3.76. The van der Waals surface area contributed by atoms with Crippen LogP contribution in [0.3, 0.4) is 0 Å². The molecule has 2 rings (SSSR count). The first-order valence-corrected chi connectivity index (χ1v) is 6.10. The van der Waals surface area contributed by atoms with Crippen LogP contribution in [0, 0.1) is 27.7 Å². The van der Waals surface area contributed by atoms with Gasteiger partial charge in [-0.15, -0.1) is 0 Å². The molecule has 0 unspecified atom stereocenters. The van der Waals surface area contributed by atoms with Crippen molar-refractivity contribution in [2.75, 3.05) is 5.73 Å². The Kier molecular flexibility index (Phi) is 2.64. The Balaban J connectivity index is 3.05. The number of anilines is 1. The minimum absolute atomic E-state index is 0.471. The molecule has 0 bridgehead atoms. The van der Waals surface area contributed by atoms with E-state index in [4.69, 9.17) is 5.73 Å². The second-order valence-electron chi connectivity index (χ2n) is 5.13. The minimum Gasteiger partial charge on any atom is -0.396 e. The molecule has 2 heterocycles. The maximum absolute atomic E-state index is 6.19. The van der Waals surface area contributed by atoms with E-state index in [1.807, 2.05) is 13.8 Å². The molecule has 2 aromatic rings. The van der Waals surface area contributed by atoms with Gasteiger partial charge in [-0.2, -0.15) is 0 Å². The number of hydrogen-bond acceptors (Lipinski definition) is 2. The SMILES string of the molecule is Cc1nc(C)n2c(C(C)C)c(C)c(C)c2c1N. The molecular formula is C14H21N3. The van der Waals surface area contributed by atoms with Crippen LogP contribution in [0.4, 0.5) is 5.69 Å². The highest BCUT2D eigenvalue weighted by molar-refractivity contribution is 5.78. The number of aromatic nitrogens is 2. The fraction of sp³-hybridized carbons (Fsp3) is 0.500. The average Bonchev–Trinajstić information content (AvgIpc) is 2.50. The Bertz CT molecular complexity index is 592. The largest absolute Gasteiger partial charge is 0.396 e. The molecule has 3 nitrogen and oxygen atoms in total. The van der Waals surface area contributed by atoms with Crippen LogP contribution in [0.25, 0.3) is 5.52 Å². The molecule has 92 valence electrons. The van der Waals surface area contributed by atoms with Crippen molar-refractivity contribution in [2.45, 2.75) is 47.5 Å². The van der Waals surface area contributed by atoms with Gasteiger partial charge in [0.2, 0.25) is 0 Å².